The van der Waals surface area contributed by atoms with Crippen LogP contribution in [0.2, 0.25) is 0 Å². The van der Waals surface area contributed by atoms with E-state index in [1.165, 1.54) is 12.8 Å². The standard InChI is InChI=1S/C19H28N4O2S/c1-4-7-8-12-25-16-11-10-15(13-17(16)24-6-3)14-20-23-18(9-5-2)21-22-19(23)26/h10-11,13-14H,4-9,12H2,1-3H3,(H,22,26)/b20-14+. The zero-order valence-electron chi connectivity index (χ0n) is 15.8. The van der Waals surface area contributed by atoms with Crippen molar-refractivity contribution in [1.82, 2.24) is 14.9 Å². The second kappa shape index (κ2) is 10.8. The largest absolute Gasteiger partial charge is 0.490 e. The second-order valence-electron chi connectivity index (χ2n) is 5.95. The Balaban J connectivity index is 2.15. The maximum absolute atomic E-state index is 5.86. The average molecular weight is 377 g/mol. The predicted octanol–water partition coefficient (Wildman–Crippen LogP) is 4.74. The Labute approximate surface area is 160 Å². The van der Waals surface area contributed by atoms with Gasteiger partial charge in [0.2, 0.25) is 4.77 Å². The van der Waals surface area contributed by atoms with E-state index in [1.54, 1.807) is 10.9 Å². The Morgan fingerprint density at radius 2 is 2.00 bits per heavy atom. The van der Waals surface area contributed by atoms with E-state index in [9.17, 15) is 0 Å². The van der Waals surface area contributed by atoms with Crippen molar-refractivity contribution >= 4 is 18.4 Å². The zero-order valence-corrected chi connectivity index (χ0v) is 16.6. The summed E-state index contributed by atoms with van der Waals surface area (Å²) in [4.78, 5) is 0. The second-order valence-corrected chi connectivity index (χ2v) is 6.33. The van der Waals surface area contributed by atoms with Gasteiger partial charge in [-0.25, -0.2) is 0 Å². The Bertz CT molecular complexity index is 767. The minimum absolute atomic E-state index is 0.491. The normalized spacial score (nSPS) is 11.2. The van der Waals surface area contributed by atoms with E-state index in [-0.39, 0.29) is 0 Å². The van der Waals surface area contributed by atoms with Crippen LogP contribution in [-0.2, 0) is 6.42 Å². The van der Waals surface area contributed by atoms with Crippen molar-refractivity contribution in [2.45, 2.75) is 52.9 Å². The van der Waals surface area contributed by atoms with E-state index in [4.69, 9.17) is 21.7 Å². The lowest BCUT2D eigenvalue weighted by Crippen LogP contribution is -2.02. The van der Waals surface area contributed by atoms with Crippen LogP contribution in [0.4, 0.5) is 0 Å². The van der Waals surface area contributed by atoms with Gasteiger partial charge in [-0.2, -0.15) is 14.9 Å². The monoisotopic (exact) mass is 376 g/mol. The SMILES string of the molecule is CCCCCOc1ccc(/C=N/n2c(CCC)n[nH]c2=S)cc1OCC. The molecular formula is C19H28N4O2S. The Hall–Kier alpha value is -2.15. The molecule has 0 saturated carbocycles. The van der Waals surface area contributed by atoms with Crippen LogP contribution in [0, 0.1) is 4.77 Å². The van der Waals surface area contributed by atoms with Crippen molar-refractivity contribution < 1.29 is 9.47 Å². The first-order valence-corrected chi connectivity index (χ1v) is 9.70. The van der Waals surface area contributed by atoms with E-state index >= 15 is 0 Å². The summed E-state index contributed by atoms with van der Waals surface area (Å²) in [5.41, 5.74) is 0.917. The maximum atomic E-state index is 5.86. The van der Waals surface area contributed by atoms with Crippen molar-refractivity contribution in [3.05, 3.63) is 34.4 Å². The third-order valence-electron chi connectivity index (χ3n) is 3.79. The predicted molar refractivity (Wildman–Crippen MR) is 107 cm³/mol. The fraction of sp³-hybridized carbons (Fsp3) is 0.526. The van der Waals surface area contributed by atoms with Gasteiger partial charge in [-0.05, 0) is 55.7 Å². The van der Waals surface area contributed by atoms with Crippen molar-refractivity contribution in [3.8, 4) is 11.5 Å². The van der Waals surface area contributed by atoms with Gasteiger partial charge in [0.1, 0.15) is 0 Å². The third kappa shape index (κ3) is 5.69. The van der Waals surface area contributed by atoms with Crippen LogP contribution in [-0.4, -0.2) is 34.3 Å². The Morgan fingerprint density at radius 3 is 2.73 bits per heavy atom. The molecule has 1 heterocycles. The summed E-state index contributed by atoms with van der Waals surface area (Å²) in [6.07, 6.45) is 6.94. The fourth-order valence-corrected chi connectivity index (χ4v) is 2.68. The molecule has 142 valence electrons. The molecule has 0 bridgehead atoms. The van der Waals surface area contributed by atoms with Crippen molar-refractivity contribution in [3.63, 3.8) is 0 Å². The molecule has 1 N–H and O–H groups in total. The number of aryl methyl sites for hydroxylation is 1. The molecule has 0 amide bonds. The first-order chi connectivity index (χ1) is 12.7. The number of ether oxygens (including phenoxy) is 2. The minimum Gasteiger partial charge on any atom is -0.490 e. The number of hydrogen-bond donors (Lipinski definition) is 1. The molecule has 0 aliphatic rings. The molecule has 0 spiro atoms. The van der Waals surface area contributed by atoms with Crippen molar-refractivity contribution in [2.75, 3.05) is 13.2 Å². The number of aromatic amines is 1. The van der Waals surface area contributed by atoms with E-state index in [0.717, 1.165) is 42.1 Å². The van der Waals surface area contributed by atoms with Gasteiger partial charge in [-0.1, -0.05) is 26.7 Å². The van der Waals surface area contributed by atoms with E-state index < -0.39 is 0 Å². The lowest BCUT2D eigenvalue weighted by molar-refractivity contribution is 0.271. The van der Waals surface area contributed by atoms with Gasteiger partial charge in [-0.15, -0.1) is 0 Å². The van der Waals surface area contributed by atoms with Crippen molar-refractivity contribution in [2.24, 2.45) is 5.10 Å². The molecule has 0 saturated heterocycles. The van der Waals surface area contributed by atoms with E-state index in [2.05, 4.69) is 29.1 Å². The first kappa shape index (κ1) is 20.2. The molecule has 0 aliphatic heterocycles. The number of aromatic nitrogens is 3. The molecule has 1 aromatic heterocycles. The van der Waals surface area contributed by atoms with Crippen LogP contribution in [0.25, 0.3) is 0 Å². The van der Waals surface area contributed by atoms with Crippen LogP contribution in [0.3, 0.4) is 0 Å². The smallest absolute Gasteiger partial charge is 0.216 e. The number of nitrogens with one attached hydrogen (secondary N) is 1. The number of unbranched alkanes of at least 4 members (excludes halogenated alkanes) is 2. The first-order valence-electron chi connectivity index (χ1n) is 9.29. The van der Waals surface area contributed by atoms with Gasteiger partial charge >= 0.3 is 0 Å². The van der Waals surface area contributed by atoms with Gasteiger partial charge in [0.25, 0.3) is 0 Å². The van der Waals surface area contributed by atoms with Crippen LogP contribution in [0.15, 0.2) is 23.3 Å². The molecule has 0 unspecified atom stereocenters. The molecule has 26 heavy (non-hydrogen) atoms. The molecule has 0 aliphatic carbocycles. The summed E-state index contributed by atoms with van der Waals surface area (Å²) in [7, 11) is 0. The Morgan fingerprint density at radius 1 is 1.15 bits per heavy atom. The molecular weight excluding hydrogens is 348 g/mol. The Kier molecular flexibility index (Phi) is 8.34. The quantitative estimate of drug-likeness (QED) is 0.349. The topological polar surface area (TPSA) is 64.4 Å². The zero-order chi connectivity index (χ0) is 18.8. The molecule has 7 heteroatoms. The van der Waals surface area contributed by atoms with Gasteiger partial charge in [0, 0.05) is 6.42 Å². The van der Waals surface area contributed by atoms with Crippen molar-refractivity contribution in [1.29, 1.82) is 0 Å². The number of benzene rings is 1. The molecule has 0 radical (unpaired) electrons. The third-order valence-corrected chi connectivity index (χ3v) is 4.05. The van der Waals surface area contributed by atoms with Gasteiger partial charge in [0.15, 0.2) is 17.3 Å². The summed E-state index contributed by atoms with van der Waals surface area (Å²) in [6, 6.07) is 5.83. The van der Waals surface area contributed by atoms with Crippen LogP contribution >= 0.6 is 12.2 Å². The summed E-state index contributed by atoms with van der Waals surface area (Å²) < 4.78 is 13.7. The molecule has 0 fully saturated rings. The molecule has 2 aromatic rings. The summed E-state index contributed by atoms with van der Waals surface area (Å²) >= 11 is 5.25. The average Bonchev–Trinajstić information content (AvgIpc) is 2.98. The highest BCUT2D eigenvalue weighted by Gasteiger charge is 2.07. The highest BCUT2D eigenvalue weighted by molar-refractivity contribution is 7.71. The molecule has 1 aromatic carbocycles. The summed E-state index contributed by atoms with van der Waals surface area (Å²) in [5, 5.41) is 11.5. The van der Waals surface area contributed by atoms with Crippen LogP contribution in [0.5, 0.6) is 11.5 Å². The summed E-state index contributed by atoms with van der Waals surface area (Å²) in [5.74, 6) is 2.33. The highest BCUT2D eigenvalue weighted by Crippen LogP contribution is 2.28. The lowest BCUT2D eigenvalue weighted by Gasteiger charge is -2.12. The number of rotatable bonds is 11. The number of hydrogen-bond acceptors (Lipinski definition) is 5. The molecule has 6 nitrogen and oxygen atoms in total. The van der Waals surface area contributed by atoms with E-state index in [0.29, 0.717) is 18.0 Å². The highest BCUT2D eigenvalue weighted by atomic mass is 32.1. The fourth-order valence-electron chi connectivity index (χ4n) is 2.48. The summed E-state index contributed by atoms with van der Waals surface area (Å²) in [6.45, 7) is 7.52. The maximum Gasteiger partial charge on any atom is 0.216 e. The molecule has 0 atom stereocenters. The van der Waals surface area contributed by atoms with Crippen LogP contribution in [0.1, 0.15) is 57.8 Å². The van der Waals surface area contributed by atoms with E-state index in [1.807, 2.05) is 25.1 Å². The van der Waals surface area contributed by atoms with Gasteiger partial charge in [0.05, 0.1) is 19.4 Å². The van der Waals surface area contributed by atoms with Gasteiger partial charge in [-0.3, -0.25) is 5.10 Å². The number of nitrogens with zero attached hydrogens (tertiary/aromatic N) is 3. The molecule has 2 rings (SSSR count). The number of H-pyrrole nitrogens is 1. The van der Waals surface area contributed by atoms with Gasteiger partial charge < -0.3 is 9.47 Å². The lowest BCUT2D eigenvalue weighted by atomic mass is 10.2. The van der Waals surface area contributed by atoms with Crippen LogP contribution < -0.4 is 9.47 Å². The minimum atomic E-state index is 0.491.